The molecule has 1 aliphatic carbocycles. The zero-order valence-electron chi connectivity index (χ0n) is 6.92. The molecular formula is C8H15NO. The average Bonchev–Trinajstić information content (AvgIpc) is 2.65. The minimum absolute atomic E-state index is 0.158. The van der Waals surface area contributed by atoms with Crippen molar-refractivity contribution in [2.45, 2.75) is 32.7 Å². The van der Waals surface area contributed by atoms with Gasteiger partial charge in [-0.1, -0.05) is 13.8 Å². The lowest BCUT2D eigenvalue weighted by Gasteiger charge is -2.18. The maximum Gasteiger partial charge on any atom is 0.225 e. The van der Waals surface area contributed by atoms with E-state index in [9.17, 15) is 4.79 Å². The van der Waals surface area contributed by atoms with E-state index in [4.69, 9.17) is 0 Å². The number of nitrogens with zero attached hydrogens (tertiary/aromatic N) is 1. The van der Waals surface area contributed by atoms with Crippen molar-refractivity contribution in [2.24, 2.45) is 5.92 Å². The van der Waals surface area contributed by atoms with Crippen molar-refractivity contribution in [3.05, 3.63) is 0 Å². The highest BCUT2D eigenvalue weighted by molar-refractivity contribution is 5.78. The topological polar surface area (TPSA) is 20.3 Å². The fourth-order valence-electron chi connectivity index (χ4n) is 1.05. The first-order valence-electron chi connectivity index (χ1n) is 3.89. The van der Waals surface area contributed by atoms with Gasteiger partial charge in [0.25, 0.3) is 0 Å². The number of carbonyl (C=O) groups is 1. The standard InChI is InChI=1S/C8H15NO/c1-6(2)8(10)9(3)7-4-5-7/h6-7H,4-5H2,1-3H3. The molecule has 0 atom stereocenters. The molecule has 0 heterocycles. The molecular weight excluding hydrogens is 126 g/mol. The lowest BCUT2D eigenvalue weighted by Crippen LogP contribution is -2.32. The van der Waals surface area contributed by atoms with Gasteiger partial charge in [0.05, 0.1) is 0 Å². The van der Waals surface area contributed by atoms with Gasteiger partial charge in [0.15, 0.2) is 0 Å². The second-order valence-corrected chi connectivity index (χ2v) is 3.34. The number of amides is 1. The van der Waals surface area contributed by atoms with Gasteiger partial charge in [-0.15, -0.1) is 0 Å². The molecule has 1 aliphatic rings. The Kier molecular flexibility index (Phi) is 1.97. The van der Waals surface area contributed by atoms with Crippen LogP contribution in [-0.2, 0) is 4.79 Å². The summed E-state index contributed by atoms with van der Waals surface area (Å²) in [7, 11) is 1.90. The summed E-state index contributed by atoms with van der Waals surface area (Å²) in [6, 6.07) is 0.565. The Labute approximate surface area is 62.2 Å². The third kappa shape index (κ3) is 1.49. The van der Waals surface area contributed by atoms with Crippen LogP contribution in [0.1, 0.15) is 26.7 Å². The summed E-state index contributed by atoms with van der Waals surface area (Å²) in [5.41, 5.74) is 0. The Bertz CT molecular complexity index is 138. The second-order valence-electron chi connectivity index (χ2n) is 3.34. The summed E-state index contributed by atoms with van der Waals surface area (Å²) < 4.78 is 0. The van der Waals surface area contributed by atoms with E-state index in [-0.39, 0.29) is 11.8 Å². The third-order valence-corrected chi connectivity index (χ3v) is 1.94. The molecule has 1 amide bonds. The highest BCUT2D eigenvalue weighted by Crippen LogP contribution is 2.26. The van der Waals surface area contributed by atoms with Crippen LogP contribution in [0.5, 0.6) is 0 Å². The van der Waals surface area contributed by atoms with Gasteiger partial charge in [0.2, 0.25) is 5.91 Å². The van der Waals surface area contributed by atoms with E-state index >= 15 is 0 Å². The quantitative estimate of drug-likeness (QED) is 0.567. The van der Waals surface area contributed by atoms with Crippen LogP contribution >= 0.6 is 0 Å². The molecule has 0 N–H and O–H groups in total. The van der Waals surface area contributed by atoms with E-state index < -0.39 is 0 Å². The predicted molar refractivity (Wildman–Crippen MR) is 40.6 cm³/mol. The second kappa shape index (κ2) is 2.60. The Morgan fingerprint density at radius 1 is 1.50 bits per heavy atom. The van der Waals surface area contributed by atoms with Gasteiger partial charge in [0.1, 0.15) is 0 Å². The van der Waals surface area contributed by atoms with Crippen molar-refractivity contribution in [3.8, 4) is 0 Å². The first-order valence-corrected chi connectivity index (χ1v) is 3.89. The zero-order valence-corrected chi connectivity index (χ0v) is 6.92. The van der Waals surface area contributed by atoms with Crippen molar-refractivity contribution in [1.29, 1.82) is 0 Å². The number of rotatable bonds is 2. The van der Waals surface area contributed by atoms with Gasteiger partial charge in [-0.05, 0) is 12.8 Å². The molecule has 2 nitrogen and oxygen atoms in total. The molecule has 1 fully saturated rings. The first kappa shape index (κ1) is 7.58. The molecule has 1 rings (SSSR count). The lowest BCUT2D eigenvalue weighted by atomic mass is 10.2. The van der Waals surface area contributed by atoms with E-state index in [2.05, 4.69) is 0 Å². The zero-order chi connectivity index (χ0) is 7.72. The summed E-state index contributed by atoms with van der Waals surface area (Å²) in [5, 5.41) is 0. The Morgan fingerprint density at radius 2 is 2.00 bits per heavy atom. The maximum atomic E-state index is 11.3. The largest absolute Gasteiger partial charge is 0.343 e. The molecule has 10 heavy (non-hydrogen) atoms. The summed E-state index contributed by atoms with van der Waals surface area (Å²) in [6.07, 6.45) is 2.41. The van der Waals surface area contributed by atoms with Crippen molar-refractivity contribution in [3.63, 3.8) is 0 Å². The monoisotopic (exact) mass is 141 g/mol. The van der Waals surface area contributed by atoms with Crippen LogP contribution in [0.25, 0.3) is 0 Å². The minimum Gasteiger partial charge on any atom is -0.343 e. The van der Waals surface area contributed by atoms with Gasteiger partial charge in [0, 0.05) is 19.0 Å². The molecule has 0 aromatic rings. The Balaban J connectivity index is 2.38. The molecule has 0 unspecified atom stereocenters. The summed E-state index contributed by atoms with van der Waals surface area (Å²) >= 11 is 0. The summed E-state index contributed by atoms with van der Waals surface area (Å²) in [5.74, 6) is 0.438. The van der Waals surface area contributed by atoms with Gasteiger partial charge in [-0.25, -0.2) is 0 Å². The highest BCUT2D eigenvalue weighted by atomic mass is 16.2. The van der Waals surface area contributed by atoms with Crippen molar-refractivity contribution in [2.75, 3.05) is 7.05 Å². The molecule has 0 saturated heterocycles. The van der Waals surface area contributed by atoms with Crippen LogP contribution < -0.4 is 0 Å². The van der Waals surface area contributed by atoms with Crippen LogP contribution in [0.15, 0.2) is 0 Å². The molecule has 0 bridgehead atoms. The molecule has 0 spiro atoms. The van der Waals surface area contributed by atoms with Crippen LogP contribution in [0.2, 0.25) is 0 Å². The van der Waals surface area contributed by atoms with E-state index in [0.717, 1.165) is 0 Å². The van der Waals surface area contributed by atoms with Crippen LogP contribution in [0.4, 0.5) is 0 Å². The molecule has 58 valence electrons. The normalized spacial score (nSPS) is 17.6. The van der Waals surface area contributed by atoms with Gasteiger partial charge >= 0.3 is 0 Å². The van der Waals surface area contributed by atoms with E-state index in [0.29, 0.717) is 6.04 Å². The van der Waals surface area contributed by atoms with Crippen LogP contribution in [0, 0.1) is 5.92 Å². The lowest BCUT2D eigenvalue weighted by molar-refractivity contribution is -0.133. The van der Waals surface area contributed by atoms with E-state index in [1.165, 1.54) is 12.8 Å². The SMILES string of the molecule is CC(C)C(=O)N(C)C1CC1. The first-order chi connectivity index (χ1) is 4.63. The van der Waals surface area contributed by atoms with Crippen LogP contribution in [0.3, 0.4) is 0 Å². The summed E-state index contributed by atoms with van der Waals surface area (Å²) in [6.45, 7) is 3.89. The minimum atomic E-state index is 0.158. The number of hydrogen-bond acceptors (Lipinski definition) is 1. The smallest absolute Gasteiger partial charge is 0.225 e. The number of hydrogen-bond donors (Lipinski definition) is 0. The highest BCUT2D eigenvalue weighted by Gasteiger charge is 2.30. The fraction of sp³-hybridized carbons (Fsp3) is 0.875. The molecule has 0 aliphatic heterocycles. The maximum absolute atomic E-state index is 11.3. The van der Waals surface area contributed by atoms with Gasteiger partial charge < -0.3 is 4.90 Å². The average molecular weight is 141 g/mol. The number of carbonyl (C=O) groups excluding carboxylic acids is 1. The Hall–Kier alpha value is -0.530. The molecule has 0 aromatic carbocycles. The van der Waals surface area contributed by atoms with Gasteiger partial charge in [-0.2, -0.15) is 0 Å². The van der Waals surface area contributed by atoms with E-state index in [1.807, 2.05) is 25.8 Å². The molecule has 2 heteroatoms. The third-order valence-electron chi connectivity index (χ3n) is 1.94. The van der Waals surface area contributed by atoms with E-state index in [1.54, 1.807) is 0 Å². The van der Waals surface area contributed by atoms with Crippen LogP contribution in [-0.4, -0.2) is 23.9 Å². The Morgan fingerprint density at radius 3 is 2.30 bits per heavy atom. The predicted octanol–water partition coefficient (Wildman–Crippen LogP) is 1.26. The van der Waals surface area contributed by atoms with Crippen molar-refractivity contribution >= 4 is 5.91 Å². The molecule has 1 saturated carbocycles. The molecule has 0 aromatic heterocycles. The van der Waals surface area contributed by atoms with Gasteiger partial charge in [-0.3, -0.25) is 4.79 Å². The van der Waals surface area contributed by atoms with Crippen molar-refractivity contribution < 1.29 is 4.79 Å². The van der Waals surface area contributed by atoms with Crippen molar-refractivity contribution in [1.82, 2.24) is 4.90 Å². The fourth-order valence-corrected chi connectivity index (χ4v) is 1.05. The molecule has 0 radical (unpaired) electrons. The summed E-state index contributed by atoms with van der Waals surface area (Å²) in [4.78, 5) is 13.1.